The number of nitrogens with one attached hydrogen (secondary N) is 1. The van der Waals surface area contributed by atoms with Crippen LogP contribution in [-0.4, -0.2) is 17.3 Å². The van der Waals surface area contributed by atoms with E-state index in [2.05, 4.69) is 33.0 Å². The van der Waals surface area contributed by atoms with Gasteiger partial charge in [-0.25, -0.2) is 0 Å². The molecular weight excluding hydrogens is 270 g/mol. The molecule has 2 nitrogen and oxygen atoms in total. The van der Waals surface area contributed by atoms with Crippen LogP contribution in [0.15, 0.2) is 24.3 Å². The molecule has 3 heteroatoms. The summed E-state index contributed by atoms with van der Waals surface area (Å²) in [6.07, 6.45) is 3.11. The summed E-state index contributed by atoms with van der Waals surface area (Å²) in [5.74, 6) is 0. The summed E-state index contributed by atoms with van der Waals surface area (Å²) >= 11 is 6.06. The predicted molar refractivity (Wildman–Crippen MR) is 86.3 cm³/mol. The van der Waals surface area contributed by atoms with E-state index in [-0.39, 0.29) is 23.0 Å². The summed E-state index contributed by atoms with van der Waals surface area (Å²) in [5.41, 5.74) is 1.15. The molecule has 0 unspecified atom stereocenters. The molecule has 1 aromatic rings. The van der Waals surface area contributed by atoms with Crippen molar-refractivity contribution in [1.82, 2.24) is 0 Å². The summed E-state index contributed by atoms with van der Waals surface area (Å²) in [6.45, 7) is 9.30. The summed E-state index contributed by atoms with van der Waals surface area (Å²) in [5, 5.41) is 14.3. The van der Waals surface area contributed by atoms with Crippen molar-refractivity contribution in [3.05, 3.63) is 29.3 Å². The number of hydrogen-bond donors (Lipinski definition) is 2. The molecular formula is C17H26ClNO. The molecule has 0 aromatic heterocycles. The molecule has 1 saturated carbocycles. The highest BCUT2D eigenvalue weighted by Crippen LogP contribution is 2.51. The van der Waals surface area contributed by atoms with Crippen molar-refractivity contribution in [3.63, 3.8) is 0 Å². The van der Waals surface area contributed by atoms with Crippen LogP contribution < -0.4 is 5.32 Å². The zero-order valence-corrected chi connectivity index (χ0v) is 13.7. The van der Waals surface area contributed by atoms with Gasteiger partial charge >= 0.3 is 0 Å². The van der Waals surface area contributed by atoms with Crippen LogP contribution in [0.1, 0.15) is 47.0 Å². The fraction of sp³-hybridized carbons (Fsp3) is 0.647. The van der Waals surface area contributed by atoms with Gasteiger partial charge in [-0.1, -0.05) is 45.4 Å². The number of aliphatic hydroxyl groups is 1. The van der Waals surface area contributed by atoms with Crippen molar-refractivity contribution in [2.75, 3.05) is 11.9 Å². The second-order valence-electron chi connectivity index (χ2n) is 7.93. The molecule has 1 aliphatic rings. The first-order valence-corrected chi connectivity index (χ1v) is 7.68. The predicted octanol–water partition coefficient (Wildman–Crippen LogP) is 4.72. The highest BCUT2D eigenvalue weighted by Gasteiger charge is 2.47. The smallest absolute Gasteiger partial charge is 0.0661 e. The Morgan fingerprint density at radius 2 is 1.70 bits per heavy atom. The van der Waals surface area contributed by atoms with Crippen molar-refractivity contribution in [1.29, 1.82) is 0 Å². The second kappa shape index (κ2) is 5.23. The third-order valence-electron chi connectivity index (χ3n) is 4.13. The van der Waals surface area contributed by atoms with Crippen molar-refractivity contribution in [2.45, 2.75) is 52.5 Å². The van der Waals surface area contributed by atoms with Gasteiger partial charge in [-0.05, 0) is 48.3 Å². The molecule has 0 bridgehead atoms. The fourth-order valence-electron chi connectivity index (χ4n) is 4.43. The van der Waals surface area contributed by atoms with Crippen LogP contribution in [0.4, 0.5) is 5.69 Å². The van der Waals surface area contributed by atoms with E-state index >= 15 is 0 Å². The monoisotopic (exact) mass is 295 g/mol. The quantitative estimate of drug-likeness (QED) is 0.846. The van der Waals surface area contributed by atoms with Gasteiger partial charge in [-0.15, -0.1) is 0 Å². The third kappa shape index (κ3) is 3.67. The van der Waals surface area contributed by atoms with Crippen LogP contribution in [-0.2, 0) is 0 Å². The molecule has 1 aromatic carbocycles. The van der Waals surface area contributed by atoms with Crippen LogP contribution >= 0.6 is 11.6 Å². The van der Waals surface area contributed by atoms with Gasteiger partial charge in [0.05, 0.1) is 12.1 Å². The largest absolute Gasteiger partial charge is 0.394 e. The lowest BCUT2D eigenvalue weighted by Gasteiger charge is -2.52. The first-order chi connectivity index (χ1) is 9.15. The molecule has 0 aliphatic heterocycles. The summed E-state index contributed by atoms with van der Waals surface area (Å²) in [6, 6.07) is 7.74. The average Bonchev–Trinajstić information content (AvgIpc) is 2.24. The lowest BCUT2D eigenvalue weighted by Crippen LogP contribution is -2.53. The number of anilines is 1. The van der Waals surface area contributed by atoms with E-state index in [4.69, 9.17) is 11.6 Å². The van der Waals surface area contributed by atoms with Gasteiger partial charge in [-0.3, -0.25) is 0 Å². The first kappa shape index (κ1) is 15.7. The standard InChI is InChI=1S/C17H26ClNO/c1-15(2)9-16(3,4)11-17(10-15,12-20)19-14-7-5-6-13(18)8-14/h5-8,19-20H,9-12H2,1-4H3. The lowest BCUT2D eigenvalue weighted by atomic mass is 9.58. The highest BCUT2D eigenvalue weighted by atomic mass is 35.5. The van der Waals surface area contributed by atoms with E-state index in [9.17, 15) is 5.11 Å². The SMILES string of the molecule is CC1(C)CC(C)(C)CC(CO)(Nc2cccc(Cl)c2)C1. The number of hydrogen-bond acceptors (Lipinski definition) is 2. The topological polar surface area (TPSA) is 32.3 Å². The van der Waals surface area contributed by atoms with Crippen LogP contribution in [0.3, 0.4) is 0 Å². The molecule has 112 valence electrons. The summed E-state index contributed by atoms with van der Waals surface area (Å²) in [7, 11) is 0. The molecule has 2 N–H and O–H groups in total. The molecule has 0 atom stereocenters. The molecule has 0 amide bonds. The maximum atomic E-state index is 10.0. The minimum Gasteiger partial charge on any atom is -0.394 e. The van der Waals surface area contributed by atoms with Gasteiger partial charge in [0.1, 0.15) is 0 Å². The zero-order chi connectivity index (χ0) is 15.0. The number of rotatable bonds is 3. The van der Waals surface area contributed by atoms with Crippen LogP contribution in [0.5, 0.6) is 0 Å². The Morgan fingerprint density at radius 1 is 1.10 bits per heavy atom. The second-order valence-corrected chi connectivity index (χ2v) is 8.37. The Balaban J connectivity index is 2.29. The summed E-state index contributed by atoms with van der Waals surface area (Å²) in [4.78, 5) is 0. The van der Waals surface area contributed by atoms with Crippen molar-refractivity contribution < 1.29 is 5.11 Å². The molecule has 20 heavy (non-hydrogen) atoms. The molecule has 0 spiro atoms. The van der Waals surface area contributed by atoms with E-state index in [1.165, 1.54) is 6.42 Å². The van der Waals surface area contributed by atoms with E-state index in [1.54, 1.807) is 0 Å². The Hall–Kier alpha value is -0.730. The molecule has 2 rings (SSSR count). The van der Waals surface area contributed by atoms with Crippen molar-refractivity contribution >= 4 is 17.3 Å². The van der Waals surface area contributed by atoms with Gasteiger partial charge in [0.2, 0.25) is 0 Å². The molecule has 0 heterocycles. The third-order valence-corrected chi connectivity index (χ3v) is 4.36. The maximum absolute atomic E-state index is 10.0. The summed E-state index contributed by atoms with van der Waals surface area (Å²) < 4.78 is 0. The zero-order valence-electron chi connectivity index (χ0n) is 13.0. The van der Waals surface area contributed by atoms with Gasteiger partial charge in [0, 0.05) is 10.7 Å². The van der Waals surface area contributed by atoms with E-state index in [1.807, 2.05) is 24.3 Å². The highest BCUT2D eigenvalue weighted by molar-refractivity contribution is 6.30. The van der Waals surface area contributed by atoms with Crippen LogP contribution in [0.25, 0.3) is 0 Å². The van der Waals surface area contributed by atoms with Gasteiger partial charge in [0.15, 0.2) is 0 Å². The maximum Gasteiger partial charge on any atom is 0.0661 e. The Labute approximate surface area is 127 Å². The lowest BCUT2D eigenvalue weighted by molar-refractivity contribution is 0.0288. The van der Waals surface area contributed by atoms with Gasteiger partial charge in [0.25, 0.3) is 0 Å². The van der Waals surface area contributed by atoms with E-state index in [0.717, 1.165) is 23.6 Å². The van der Waals surface area contributed by atoms with Crippen molar-refractivity contribution in [3.8, 4) is 0 Å². The first-order valence-electron chi connectivity index (χ1n) is 7.30. The van der Waals surface area contributed by atoms with Gasteiger partial charge in [-0.2, -0.15) is 0 Å². The fourth-order valence-corrected chi connectivity index (χ4v) is 4.62. The Kier molecular flexibility index (Phi) is 4.10. The average molecular weight is 296 g/mol. The van der Waals surface area contributed by atoms with E-state index < -0.39 is 0 Å². The Morgan fingerprint density at radius 3 is 2.20 bits per heavy atom. The van der Waals surface area contributed by atoms with E-state index in [0.29, 0.717) is 0 Å². The minimum absolute atomic E-state index is 0.145. The number of aliphatic hydroxyl groups excluding tert-OH is 1. The molecule has 1 aliphatic carbocycles. The normalized spacial score (nSPS) is 23.3. The molecule has 0 radical (unpaired) electrons. The number of benzene rings is 1. The number of halogens is 1. The Bertz CT molecular complexity index is 466. The van der Waals surface area contributed by atoms with Crippen molar-refractivity contribution in [2.24, 2.45) is 10.8 Å². The minimum atomic E-state index is -0.268. The van der Waals surface area contributed by atoms with Crippen LogP contribution in [0.2, 0.25) is 5.02 Å². The molecule has 1 fully saturated rings. The van der Waals surface area contributed by atoms with Gasteiger partial charge < -0.3 is 10.4 Å². The van der Waals surface area contributed by atoms with Crippen LogP contribution in [0, 0.1) is 10.8 Å². The molecule has 0 saturated heterocycles.